The number of hydrogen-bond donors (Lipinski definition) is 0. The lowest BCUT2D eigenvalue weighted by molar-refractivity contribution is -0.384. The van der Waals surface area contributed by atoms with Gasteiger partial charge in [-0.15, -0.1) is 0 Å². The number of Topliss-reactive ketones (excluding diaryl/α,β-unsaturated/α-hetero) is 1. The number of ether oxygens (including phenoxy) is 1. The maximum Gasteiger partial charge on any atom is 0.338 e. The molecule has 39 heavy (non-hydrogen) atoms. The number of nitrogens with zero attached hydrogens (tertiary/aromatic N) is 2. The fraction of sp³-hybridized carbons (Fsp3) is 0.267. The smallest absolute Gasteiger partial charge is 0.338 e. The summed E-state index contributed by atoms with van der Waals surface area (Å²) in [7, 11) is 0. The van der Waals surface area contributed by atoms with Gasteiger partial charge in [0.1, 0.15) is 0 Å². The molecule has 0 spiro atoms. The molecule has 0 radical (unpaired) electrons. The van der Waals surface area contributed by atoms with E-state index in [4.69, 9.17) is 4.74 Å². The van der Waals surface area contributed by atoms with Crippen LogP contribution in [-0.2, 0) is 14.3 Å². The number of non-ortho nitro benzene ring substituents is 1. The van der Waals surface area contributed by atoms with Gasteiger partial charge in [0, 0.05) is 17.7 Å². The number of nitro benzene ring substituents is 1. The first kappa shape index (κ1) is 24.7. The van der Waals surface area contributed by atoms with Crippen molar-refractivity contribution in [1.29, 1.82) is 0 Å². The maximum absolute atomic E-state index is 13.5. The van der Waals surface area contributed by atoms with Crippen molar-refractivity contribution in [3.05, 3.63) is 106 Å². The van der Waals surface area contributed by atoms with E-state index in [0.29, 0.717) is 5.69 Å². The Morgan fingerprint density at radius 2 is 1.49 bits per heavy atom. The zero-order valence-corrected chi connectivity index (χ0v) is 20.8. The molecule has 0 N–H and O–H groups in total. The SMILES string of the molecule is O=C(COC(=O)c1ccc(N2C(=O)[C@@H]3[C@@H]4C[C@@H]([C@H]3C2=O)[C@H](c2ccccc2)C4)cc1)c1ccc([N+](=O)[O-])cc1. The molecule has 2 aliphatic carbocycles. The van der Waals surface area contributed by atoms with Crippen molar-refractivity contribution in [1.82, 2.24) is 0 Å². The molecule has 3 aliphatic rings. The van der Waals surface area contributed by atoms with Gasteiger partial charge in [-0.3, -0.25) is 29.4 Å². The average molecular weight is 525 g/mol. The molecular weight excluding hydrogens is 500 g/mol. The number of ketones is 1. The second-order valence-corrected chi connectivity index (χ2v) is 10.3. The van der Waals surface area contributed by atoms with Crippen LogP contribution >= 0.6 is 0 Å². The minimum absolute atomic E-state index is 0.145. The van der Waals surface area contributed by atoms with Gasteiger partial charge in [0.15, 0.2) is 12.4 Å². The summed E-state index contributed by atoms with van der Waals surface area (Å²) in [6, 6.07) is 21.2. The van der Waals surface area contributed by atoms with Crippen LogP contribution in [0.4, 0.5) is 11.4 Å². The van der Waals surface area contributed by atoms with Crippen molar-refractivity contribution in [3.8, 4) is 0 Å². The molecule has 9 nitrogen and oxygen atoms in total. The summed E-state index contributed by atoms with van der Waals surface area (Å²) < 4.78 is 5.11. The molecule has 3 aromatic carbocycles. The number of esters is 1. The van der Waals surface area contributed by atoms with Gasteiger partial charge in [0.25, 0.3) is 5.69 Å². The monoisotopic (exact) mass is 524 g/mol. The van der Waals surface area contributed by atoms with Crippen LogP contribution in [0, 0.1) is 33.8 Å². The minimum atomic E-state index is -0.739. The van der Waals surface area contributed by atoms with E-state index >= 15 is 0 Å². The molecule has 1 aliphatic heterocycles. The summed E-state index contributed by atoms with van der Waals surface area (Å²) in [6.45, 7) is -0.532. The van der Waals surface area contributed by atoms with Gasteiger partial charge in [-0.25, -0.2) is 4.79 Å². The van der Waals surface area contributed by atoms with Crippen molar-refractivity contribution < 1.29 is 28.8 Å². The second kappa shape index (κ2) is 9.58. The number of carbonyl (C=O) groups is 4. The number of benzene rings is 3. The molecule has 6 rings (SSSR count). The van der Waals surface area contributed by atoms with Gasteiger partial charge < -0.3 is 4.74 Å². The van der Waals surface area contributed by atoms with Crippen LogP contribution < -0.4 is 4.90 Å². The van der Waals surface area contributed by atoms with Crippen LogP contribution in [0.3, 0.4) is 0 Å². The van der Waals surface area contributed by atoms with Crippen molar-refractivity contribution in [2.24, 2.45) is 23.7 Å². The van der Waals surface area contributed by atoms with Crippen molar-refractivity contribution >= 4 is 34.9 Å². The van der Waals surface area contributed by atoms with Gasteiger partial charge in [-0.2, -0.15) is 0 Å². The Morgan fingerprint density at radius 1 is 0.846 bits per heavy atom. The summed E-state index contributed by atoms with van der Waals surface area (Å²) in [6.07, 6.45) is 1.80. The van der Waals surface area contributed by atoms with E-state index in [0.717, 1.165) is 12.8 Å². The largest absolute Gasteiger partial charge is 0.454 e. The predicted octanol–water partition coefficient (Wildman–Crippen LogP) is 4.56. The number of nitro groups is 1. The highest BCUT2D eigenvalue weighted by Gasteiger charge is 2.64. The Balaban J connectivity index is 1.11. The normalized spacial score (nSPS) is 25.0. The highest BCUT2D eigenvalue weighted by atomic mass is 16.6. The Kier molecular flexibility index (Phi) is 6.06. The third-order valence-electron chi connectivity index (χ3n) is 8.34. The molecule has 1 heterocycles. The van der Waals surface area contributed by atoms with Gasteiger partial charge >= 0.3 is 5.97 Å². The Labute approximate surface area is 223 Å². The first-order valence-corrected chi connectivity index (χ1v) is 12.8. The van der Waals surface area contributed by atoms with E-state index in [9.17, 15) is 29.3 Å². The summed E-state index contributed by atoms with van der Waals surface area (Å²) in [5.74, 6) is -1.60. The third kappa shape index (κ3) is 4.20. The molecule has 5 atom stereocenters. The summed E-state index contributed by atoms with van der Waals surface area (Å²) >= 11 is 0. The predicted molar refractivity (Wildman–Crippen MR) is 139 cm³/mol. The van der Waals surface area contributed by atoms with Gasteiger partial charge in [-0.05, 0) is 72.6 Å². The second-order valence-electron chi connectivity index (χ2n) is 10.3. The number of imide groups is 1. The maximum atomic E-state index is 13.5. The number of rotatable bonds is 7. The molecule has 9 heteroatoms. The molecule has 2 amide bonds. The Morgan fingerprint density at radius 3 is 2.15 bits per heavy atom. The first-order valence-electron chi connectivity index (χ1n) is 12.8. The zero-order chi connectivity index (χ0) is 27.3. The number of anilines is 1. The molecule has 1 saturated heterocycles. The van der Waals surface area contributed by atoms with Crippen LogP contribution in [0.1, 0.15) is 45.0 Å². The van der Waals surface area contributed by atoms with E-state index in [1.165, 1.54) is 46.9 Å². The molecule has 3 aromatic rings. The highest BCUT2D eigenvalue weighted by molar-refractivity contribution is 6.22. The molecular formula is C30H24N2O7. The van der Waals surface area contributed by atoms with Crippen LogP contribution in [-0.4, -0.2) is 35.1 Å². The average Bonchev–Trinajstić information content (AvgIpc) is 3.63. The number of amides is 2. The molecule has 2 saturated carbocycles. The van der Waals surface area contributed by atoms with E-state index < -0.39 is 23.3 Å². The number of carbonyl (C=O) groups excluding carboxylic acids is 4. The highest BCUT2D eigenvalue weighted by Crippen LogP contribution is 2.61. The van der Waals surface area contributed by atoms with Crippen LogP contribution in [0.2, 0.25) is 0 Å². The van der Waals surface area contributed by atoms with Gasteiger partial charge in [0.2, 0.25) is 11.8 Å². The van der Waals surface area contributed by atoms with Crippen molar-refractivity contribution in [2.75, 3.05) is 11.5 Å². The Bertz CT molecular complexity index is 1480. The Hall–Kier alpha value is -4.66. The summed E-state index contributed by atoms with van der Waals surface area (Å²) in [5.41, 5.74) is 1.83. The quantitative estimate of drug-likeness (QED) is 0.146. The first-order chi connectivity index (χ1) is 18.8. The molecule has 3 fully saturated rings. The fourth-order valence-electron chi connectivity index (χ4n) is 6.61. The van der Waals surface area contributed by atoms with E-state index in [1.807, 2.05) is 18.2 Å². The van der Waals surface area contributed by atoms with Crippen molar-refractivity contribution in [3.63, 3.8) is 0 Å². The lowest BCUT2D eigenvalue weighted by Gasteiger charge is -2.28. The zero-order valence-electron chi connectivity index (χ0n) is 20.8. The molecule has 0 unspecified atom stereocenters. The summed E-state index contributed by atoms with van der Waals surface area (Å²) in [5, 5.41) is 10.8. The summed E-state index contributed by atoms with van der Waals surface area (Å²) in [4.78, 5) is 63.1. The molecule has 196 valence electrons. The standard InChI is InChI=1S/C30H24N2O7/c33-25(18-6-12-22(13-7-18)32(37)38)16-39-30(36)19-8-10-21(11-9-19)31-28(34)26-20-14-23(17-4-2-1-3-5-17)24(15-20)27(26)29(31)35/h1-13,20,23-24,26-27H,14-16H2/t20-,23-,24+,26+,27+/m0/s1. The molecule has 2 bridgehead atoms. The van der Waals surface area contributed by atoms with E-state index in [2.05, 4.69) is 12.1 Å². The minimum Gasteiger partial charge on any atom is -0.454 e. The number of hydrogen-bond acceptors (Lipinski definition) is 7. The lowest BCUT2D eigenvalue weighted by Crippen LogP contribution is -2.33. The van der Waals surface area contributed by atoms with E-state index in [-0.39, 0.29) is 58.2 Å². The number of fused-ring (bicyclic) bond motifs is 5. The third-order valence-corrected chi connectivity index (χ3v) is 8.34. The van der Waals surface area contributed by atoms with Gasteiger partial charge in [-0.1, -0.05) is 30.3 Å². The molecule has 0 aromatic heterocycles. The van der Waals surface area contributed by atoms with E-state index in [1.54, 1.807) is 12.1 Å². The van der Waals surface area contributed by atoms with Gasteiger partial charge in [0.05, 0.1) is 28.0 Å². The topological polar surface area (TPSA) is 124 Å². The van der Waals surface area contributed by atoms with Crippen LogP contribution in [0.5, 0.6) is 0 Å². The lowest BCUT2D eigenvalue weighted by atomic mass is 9.73. The van der Waals surface area contributed by atoms with Crippen molar-refractivity contribution in [2.45, 2.75) is 18.8 Å². The fourth-order valence-corrected chi connectivity index (χ4v) is 6.61. The van der Waals surface area contributed by atoms with Crippen LogP contribution in [0.15, 0.2) is 78.9 Å². The van der Waals surface area contributed by atoms with Crippen LogP contribution in [0.25, 0.3) is 0 Å².